The number of hydrogen-bond donors (Lipinski definition) is 1. The van der Waals surface area contributed by atoms with E-state index in [2.05, 4.69) is 15.5 Å². The third-order valence-corrected chi connectivity index (χ3v) is 2.52. The third-order valence-electron chi connectivity index (χ3n) is 2.52. The van der Waals surface area contributed by atoms with E-state index in [0.717, 1.165) is 0 Å². The number of rotatable bonds is 4. The predicted octanol–water partition coefficient (Wildman–Crippen LogP) is 1.19. The van der Waals surface area contributed by atoms with Crippen molar-refractivity contribution in [2.75, 3.05) is 0 Å². The zero-order valence-electron chi connectivity index (χ0n) is 10.6. The van der Waals surface area contributed by atoms with Gasteiger partial charge in [-0.2, -0.15) is 10.2 Å². The third kappa shape index (κ3) is 3.34. The molecule has 0 aliphatic rings. The second-order valence-corrected chi connectivity index (χ2v) is 4.00. The minimum Gasteiger partial charge on any atom is -0.342 e. The van der Waals surface area contributed by atoms with Crippen LogP contribution >= 0.6 is 0 Å². The highest BCUT2D eigenvalue weighted by molar-refractivity contribution is 5.98. The van der Waals surface area contributed by atoms with Crippen LogP contribution in [0.15, 0.2) is 6.07 Å². The van der Waals surface area contributed by atoms with E-state index in [9.17, 15) is 9.59 Å². The van der Waals surface area contributed by atoms with E-state index in [1.54, 1.807) is 33.8 Å². The van der Waals surface area contributed by atoms with Gasteiger partial charge in [-0.3, -0.25) is 9.59 Å². The number of nitrogens with zero attached hydrogens (tertiary/aromatic N) is 2. The van der Waals surface area contributed by atoms with Crippen molar-refractivity contribution in [1.29, 1.82) is 0 Å². The van der Waals surface area contributed by atoms with Gasteiger partial charge in [-0.05, 0) is 26.8 Å². The molecule has 0 fully saturated rings. The summed E-state index contributed by atoms with van der Waals surface area (Å²) in [4.78, 5) is 23.3. The first-order chi connectivity index (χ1) is 7.95. The van der Waals surface area contributed by atoms with Gasteiger partial charge in [0.15, 0.2) is 5.78 Å². The molecule has 1 unspecified atom stereocenters. The molecule has 1 heterocycles. The zero-order chi connectivity index (χ0) is 13.0. The highest BCUT2D eigenvalue weighted by Crippen LogP contribution is 2.05. The predicted molar refractivity (Wildman–Crippen MR) is 63.7 cm³/mol. The molecule has 1 aromatic heterocycles. The molecule has 17 heavy (non-hydrogen) atoms. The normalized spacial score (nSPS) is 12.0. The fraction of sp³-hybridized carbons (Fsp3) is 0.500. The van der Waals surface area contributed by atoms with Gasteiger partial charge in [0.05, 0.1) is 23.0 Å². The molecule has 0 spiro atoms. The van der Waals surface area contributed by atoms with Gasteiger partial charge in [0.2, 0.25) is 0 Å². The Balaban J connectivity index is 2.83. The number of carbonyl (C=O) groups is 2. The molecule has 1 aromatic rings. The molecular formula is C12H17N3O2. The molecule has 1 atom stereocenters. The number of aromatic nitrogens is 2. The molecule has 1 N–H and O–H groups in total. The van der Waals surface area contributed by atoms with Crippen molar-refractivity contribution in [3.05, 3.63) is 23.0 Å². The Morgan fingerprint density at radius 3 is 2.59 bits per heavy atom. The van der Waals surface area contributed by atoms with E-state index < -0.39 is 6.04 Å². The summed E-state index contributed by atoms with van der Waals surface area (Å²) >= 11 is 0. The summed E-state index contributed by atoms with van der Waals surface area (Å²) < 4.78 is 0. The lowest BCUT2D eigenvalue weighted by Crippen LogP contribution is -2.38. The van der Waals surface area contributed by atoms with Crippen LogP contribution in [0.25, 0.3) is 0 Å². The first-order valence-corrected chi connectivity index (χ1v) is 5.60. The Hall–Kier alpha value is -1.78. The van der Waals surface area contributed by atoms with Crippen LogP contribution in [-0.4, -0.2) is 27.9 Å². The number of hydrogen-bond acceptors (Lipinski definition) is 4. The van der Waals surface area contributed by atoms with Crippen molar-refractivity contribution in [3.8, 4) is 0 Å². The minimum absolute atomic E-state index is 0.00902. The summed E-state index contributed by atoms with van der Waals surface area (Å²) in [6.45, 7) is 6.94. The Bertz CT molecular complexity index is 443. The first kappa shape index (κ1) is 13.3. The topological polar surface area (TPSA) is 72.0 Å². The number of ketones is 1. The number of amides is 1. The Morgan fingerprint density at radius 1 is 1.35 bits per heavy atom. The molecule has 1 amide bonds. The highest BCUT2D eigenvalue weighted by Gasteiger charge is 2.17. The summed E-state index contributed by atoms with van der Waals surface area (Å²) in [6, 6.07) is 1.20. The zero-order valence-corrected chi connectivity index (χ0v) is 10.6. The van der Waals surface area contributed by atoms with Crippen molar-refractivity contribution in [1.82, 2.24) is 15.5 Å². The number of carbonyl (C=O) groups excluding carboxylic acids is 2. The maximum absolute atomic E-state index is 11.9. The Kier molecular flexibility index (Phi) is 4.31. The molecule has 0 saturated heterocycles. The molecule has 0 aliphatic heterocycles. The summed E-state index contributed by atoms with van der Waals surface area (Å²) in [5, 5.41) is 10.4. The molecular weight excluding hydrogens is 218 g/mol. The van der Waals surface area contributed by atoms with Gasteiger partial charge in [0.1, 0.15) is 0 Å². The summed E-state index contributed by atoms with van der Waals surface area (Å²) in [5.74, 6) is -0.274. The van der Waals surface area contributed by atoms with E-state index in [1.165, 1.54) is 0 Å². The molecule has 0 radical (unpaired) electrons. The lowest BCUT2D eigenvalue weighted by Gasteiger charge is -2.12. The second-order valence-electron chi connectivity index (χ2n) is 4.00. The summed E-state index contributed by atoms with van der Waals surface area (Å²) in [7, 11) is 0. The van der Waals surface area contributed by atoms with Crippen LogP contribution < -0.4 is 5.32 Å². The van der Waals surface area contributed by atoms with Crippen LogP contribution in [-0.2, 0) is 4.79 Å². The summed E-state index contributed by atoms with van der Waals surface area (Å²) in [6.07, 6.45) is 0.411. The van der Waals surface area contributed by atoms with E-state index in [0.29, 0.717) is 23.4 Å². The van der Waals surface area contributed by atoms with Crippen molar-refractivity contribution in [2.24, 2.45) is 0 Å². The van der Waals surface area contributed by atoms with Gasteiger partial charge in [0, 0.05) is 6.42 Å². The van der Waals surface area contributed by atoms with Gasteiger partial charge in [-0.25, -0.2) is 0 Å². The van der Waals surface area contributed by atoms with Crippen molar-refractivity contribution >= 4 is 11.7 Å². The van der Waals surface area contributed by atoms with Gasteiger partial charge in [-0.1, -0.05) is 6.92 Å². The molecule has 0 aliphatic carbocycles. The second kappa shape index (κ2) is 5.52. The van der Waals surface area contributed by atoms with Crippen molar-refractivity contribution < 1.29 is 9.59 Å². The molecule has 0 saturated carbocycles. The maximum Gasteiger partial charge on any atom is 0.253 e. The molecule has 0 aromatic carbocycles. The fourth-order valence-corrected chi connectivity index (χ4v) is 1.44. The van der Waals surface area contributed by atoms with Gasteiger partial charge < -0.3 is 5.32 Å². The lowest BCUT2D eigenvalue weighted by molar-refractivity contribution is -0.120. The highest BCUT2D eigenvalue weighted by atomic mass is 16.2. The van der Waals surface area contributed by atoms with Gasteiger partial charge in [-0.15, -0.1) is 0 Å². The van der Waals surface area contributed by atoms with Gasteiger partial charge >= 0.3 is 0 Å². The van der Waals surface area contributed by atoms with Crippen LogP contribution in [0.5, 0.6) is 0 Å². The van der Waals surface area contributed by atoms with Crippen molar-refractivity contribution in [2.45, 2.75) is 40.2 Å². The van der Waals surface area contributed by atoms with E-state index in [-0.39, 0.29) is 11.7 Å². The van der Waals surface area contributed by atoms with Crippen LogP contribution in [0, 0.1) is 13.8 Å². The monoisotopic (exact) mass is 235 g/mol. The van der Waals surface area contributed by atoms with E-state index >= 15 is 0 Å². The van der Waals surface area contributed by atoms with Crippen LogP contribution in [0.3, 0.4) is 0 Å². The molecule has 1 rings (SSSR count). The molecule has 0 bridgehead atoms. The number of Topliss-reactive ketones (excluding diaryl/α,β-unsaturated/α-hetero) is 1. The van der Waals surface area contributed by atoms with Gasteiger partial charge in [0.25, 0.3) is 5.91 Å². The molecule has 92 valence electrons. The average Bonchev–Trinajstić information content (AvgIpc) is 2.30. The molecule has 5 nitrogen and oxygen atoms in total. The SMILES string of the molecule is CCC(=O)C(C)NC(=O)c1cc(C)nnc1C. The van der Waals surface area contributed by atoms with Crippen LogP contribution in [0.4, 0.5) is 0 Å². The van der Waals surface area contributed by atoms with Crippen LogP contribution in [0.2, 0.25) is 0 Å². The quantitative estimate of drug-likeness (QED) is 0.850. The first-order valence-electron chi connectivity index (χ1n) is 5.60. The lowest BCUT2D eigenvalue weighted by atomic mass is 10.1. The fourth-order valence-electron chi connectivity index (χ4n) is 1.44. The standard InChI is InChI=1S/C12H17N3O2/c1-5-11(16)9(4)13-12(17)10-6-7(2)14-15-8(10)3/h6,9H,5H2,1-4H3,(H,13,17). The largest absolute Gasteiger partial charge is 0.342 e. The Labute approximate surface area is 101 Å². The maximum atomic E-state index is 11.9. The average molecular weight is 235 g/mol. The van der Waals surface area contributed by atoms with E-state index in [4.69, 9.17) is 0 Å². The number of aryl methyl sites for hydroxylation is 2. The number of nitrogens with one attached hydrogen (secondary N) is 1. The van der Waals surface area contributed by atoms with Crippen molar-refractivity contribution in [3.63, 3.8) is 0 Å². The molecule has 5 heteroatoms. The minimum atomic E-state index is -0.472. The van der Waals surface area contributed by atoms with Crippen LogP contribution in [0.1, 0.15) is 42.0 Å². The van der Waals surface area contributed by atoms with E-state index in [1.807, 2.05) is 0 Å². The smallest absolute Gasteiger partial charge is 0.253 e. The summed E-state index contributed by atoms with van der Waals surface area (Å²) in [5.41, 5.74) is 1.70. The Morgan fingerprint density at radius 2 is 2.00 bits per heavy atom.